The lowest BCUT2D eigenvalue weighted by atomic mass is 10.1. The first-order valence-corrected chi connectivity index (χ1v) is 8.99. The predicted octanol–water partition coefficient (Wildman–Crippen LogP) is 5.09. The van der Waals surface area contributed by atoms with Gasteiger partial charge in [-0.3, -0.25) is 4.79 Å². The molecule has 1 aliphatic rings. The van der Waals surface area contributed by atoms with Crippen molar-refractivity contribution in [3.05, 3.63) is 69.2 Å². The summed E-state index contributed by atoms with van der Waals surface area (Å²) in [7, 11) is 0. The van der Waals surface area contributed by atoms with Crippen molar-refractivity contribution >= 4 is 29.1 Å². The maximum Gasteiger partial charge on any atom is 0.253 e. The normalized spacial score (nSPS) is 17.4. The Kier molecular flexibility index (Phi) is 6.12. The molecule has 0 radical (unpaired) electrons. The zero-order valence-corrected chi connectivity index (χ0v) is 15.4. The van der Waals surface area contributed by atoms with E-state index in [0.717, 1.165) is 18.9 Å². The van der Waals surface area contributed by atoms with Gasteiger partial charge < -0.3 is 9.64 Å². The number of piperidine rings is 1. The molecule has 0 bridgehead atoms. The topological polar surface area (TPSA) is 29.5 Å². The number of halogens is 4. The van der Waals surface area contributed by atoms with Crippen LogP contribution in [0.1, 0.15) is 28.8 Å². The second kappa shape index (κ2) is 8.33. The number of benzene rings is 2. The summed E-state index contributed by atoms with van der Waals surface area (Å²) in [4.78, 5) is 14.3. The summed E-state index contributed by atoms with van der Waals surface area (Å²) in [6.07, 6.45) is 1.37. The predicted molar refractivity (Wildman–Crippen MR) is 96.5 cm³/mol. The van der Waals surface area contributed by atoms with Gasteiger partial charge in [0.15, 0.2) is 0 Å². The van der Waals surface area contributed by atoms with Crippen LogP contribution in [-0.2, 0) is 11.3 Å². The average molecular weight is 400 g/mol. The first-order valence-electron chi connectivity index (χ1n) is 8.23. The van der Waals surface area contributed by atoms with Crippen molar-refractivity contribution in [3.8, 4) is 0 Å². The number of rotatable bonds is 4. The van der Waals surface area contributed by atoms with Crippen LogP contribution in [0.5, 0.6) is 0 Å². The number of amides is 1. The van der Waals surface area contributed by atoms with E-state index >= 15 is 0 Å². The Morgan fingerprint density at radius 3 is 2.54 bits per heavy atom. The Morgan fingerprint density at radius 1 is 1.12 bits per heavy atom. The van der Waals surface area contributed by atoms with Crippen LogP contribution in [0, 0.1) is 11.6 Å². The molecule has 1 amide bonds. The first kappa shape index (κ1) is 19.1. The number of ether oxygens (including phenoxy) is 1. The Bertz CT molecular complexity index is 796. The molecule has 138 valence electrons. The zero-order valence-electron chi connectivity index (χ0n) is 13.9. The lowest BCUT2D eigenvalue weighted by molar-refractivity contribution is -0.00686. The maximum absolute atomic E-state index is 13.2. The van der Waals surface area contributed by atoms with Gasteiger partial charge in [-0.05, 0) is 48.7 Å². The molecule has 0 saturated carbocycles. The van der Waals surface area contributed by atoms with Crippen LogP contribution in [0.2, 0.25) is 10.0 Å². The van der Waals surface area contributed by atoms with Gasteiger partial charge in [-0.2, -0.15) is 0 Å². The minimum absolute atomic E-state index is 0.0914. The van der Waals surface area contributed by atoms with Gasteiger partial charge in [-0.15, -0.1) is 0 Å². The largest absolute Gasteiger partial charge is 0.372 e. The molecule has 1 heterocycles. The van der Waals surface area contributed by atoms with Crippen molar-refractivity contribution in [2.24, 2.45) is 0 Å². The van der Waals surface area contributed by atoms with Gasteiger partial charge in [0, 0.05) is 24.7 Å². The molecule has 0 N–H and O–H groups in total. The lowest BCUT2D eigenvalue weighted by Gasteiger charge is -2.32. The van der Waals surface area contributed by atoms with E-state index in [1.165, 1.54) is 12.1 Å². The highest BCUT2D eigenvalue weighted by molar-refractivity contribution is 6.42. The van der Waals surface area contributed by atoms with E-state index in [9.17, 15) is 13.6 Å². The van der Waals surface area contributed by atoms with Gasteiger partial charge in [0.2, 0.25) is 0 Å². The molecule has 2 aromatic carbocycles. The summed E-state index contributed by atoms with van der Waals surface area (Å²) >= 11 is 11.9. The Morgan fingerprint density at radius 2 is 1.85 bits per heavy atom. The smallest absolute Gasteiger partial charge is 0.253 e. The fourth-order valence-electron chi connectivity index (χ4n) is 2.98. The molecular weight excluding hydrogens is 383 g/mol. The number of likely N-dealkylation sites (tertiary alicyclic amines) is 1. The molecule has 2 aromatic rings. The van der Waals surface area contributed by atoms with Crippen molar-refractivity contribution in [2.75, 3.05) is 13.1 Å². The van der Waals surface area contributed by atoms with Crippen LogP contribution < -0.4 is 0 Å². The molecule has 0 aliphatic carbocycles. The fourth-order valence-corrected chi connectivity index (χ4v) is 3.28. The van der Waals surface area contributed by atoms with Gasteiger partial charge in [0.05, 0.1) is 22.8 Å². The van der Waals surface area contributed by atoms with Gasteiger partial charge in [-0.25, -0.2) is 8.78 Å². The lowest BCUT2D eigenvalue weighted by Crippen LogP contribution is -2.43. The highest BCUT2D eigenvalue weighted by Crippen LogP contribution is 2.24. The van der Waals surface area contributed by atoms with Crippen LogP contribution in [0.3, 0.4) is 0 Å². The van der Waals surface area contributed by atoms with E-state index in [2.05, 4.69) is 0 Å². The van der Waals surface area contributed by atoms with Crippen LogP contribution >= 0.6 is 23.2 Å². The van der Waals surface area contributed by atoms with E-state index < -0.39 is 11.6 Å². The minimum Gasteiger partial charge on any atom is -0.372 e. The first-order chi connectivity index (χ1) is 12.4. The number of carbonyl (C=O) groups is 1. The zero-order chi connectivity index (χ0) is 18.7. The van der Waals surface area contributed by atoms with Crippen molar-refractivity contribution in [1.29, 1.82) is 0 Å². The van der Waals surface area contributed by atoms with Crippen molar-refractivity contribution in [2.45, 2.75) is 25.6 Å². The summed E-state index contributed by atoms with van der Waals surface area (Å²) < 4.78 is 32.2. The number of hydrogen-bond acceptors (Lipinski definition) is 2. The molecule has 1 atom stereocenters. The van der Waals surface area contributed by atoms with Crippen LogP contribution in [0.4, 0.5) is 8.78 Å². The third-order valence-electron chi connectivity index (χ3n) is 4.24. The minimum atomic E-state index is -0.635. The fraction of sp³-hybridized carbons (Fsp3) is 0.316. The molecule has 26 heavy (non-hydrogen) atoms. The third-order valence-corrected chi connectivity index (χ3v) is 4.98. The summed E-state index contributed by atoms with van der Waals surface area (Å²) in [5, 5.41) is 0.723. The van der Waals surface area contributed by atoms with Crippen molar-refractivity contribution in [3.63, 3.8) is 0 Å². The number of carbonyl (C=O) groups excluding carboxylic acids is 1. The second-order valence-corrected chi connectivity index (χ2v) is 7.05. The van der Waals surface area contributed by atoms with Crippen LogP contribution in [0.25, 0.3) is 0 Å². The summed E-state index contributed by atoms with van der Waals surface area (Å²) in [6.45, 7) is 1.12. The van der Waals surface area contributed by atoms with Gasteiger partial charge in [0.25, 0.3) is 5.91 Å². The molecule has 1 fully saturated rings. The molecule has 0 spiro atoms. The van der Waals surface area contributed by atoms with Crippen LogP contribution in [0.15, 0.2) is 36.4 Å². The van der Waals surface area contributed by atoms with Crippen molar-refractivity contribution in [1.82, 2.24) is 4.90 Å². The summed E-state index contributed by atoms with van der Waals surface area (Å²) in [6, 6.07) is 8.08. The second-order valence-electron chi connectivity index (χ2n) is 6.23. The Labute approximate surface area is 160 Å². The van der Waals surface area contributed by atoms with Crippen LogP contribution in [-0.4, -0.2) is 30.0 Å². The molecular formula is C19H17Cl2F2NO2. The van der Waals surface area contributed by atoms with Crippen molar-refractivity contribution < 1.29 is 18.3 Å². The van der Waals surface area contributed by atoms with E-state index in [0.29, 0.717) is 34.3 Å². The third kappa shape index (κ3) is 4.72. The average Bonchev–Trinajstić information content (AvgIpc) is 2.61. The van der Waals surface area contributed by atoms with Gasteiger partial charge in [0.1, 0.15) is 11.6 Å². The van der Waals surface area contributed by atoms with Gasteiger partial charge >= 0.3 is 0 Å². The highest BCUT2D eigenvalue weighted by atomic mass is 35.5. The molecule has 3 rings (SSSR count). The molecule has 3 nitrogen and oxygen atoms in total. The van der Waals surface area contributed by atoms with Gasteiger partial charge in [-0.1, -0.05) is 23.2 Å². The van der Waals surface area contributed by atoms with E-state index in [-0.39, 0.29) is 18.6 Å². The number of nitrogens with zero attached hydrogens (tertiary/aromatic N) is 1. The highest BCUT2D eigenvalue weighted by Gasteiger charge is 2.25. The monoisotopic (exact) mass is 399 g/mol. The standard InChI is InChI=1S/C19H17Cl2F2NO2/c20-17-4-3-13(8-18(17)21)19(25)24-5-1-2-16(10-24)26-11-12-6-14(22)9-15(23)7-12/h3-4,6-9,16H,1-2,5,10-11H2/t16-/m1/s1. The maximum atomic E-state index is 13.2. The van der Waals surface area contributed by atoms with E-state index in [1.807, 2.05) is 0 Å². The summed E-state index contributed by atoms with van der Waals surface area (Å²) in [5.74, 6) is -1.42. The molecule has 1 aliphatic heterocycles. The SMILES string of the molecule is O=C(c1ccc(Cl)c(Cl)c1)N1CCC[C@@H](OCc2cc(F)cc(F)c2)C1. The Balaban J connectivity index is 1.61. The van der Waals surface area contributed by atoms with E-state index in [1.54, 1.807) is 23.1 Å². The quantitative estimate of drug-likeness (QED) is 0.716. The van der Waals surface area contributed by atoms with E-state index in [4.69, 9.17) is 27.9 Å². The Hall–Kier alpha value is -1.69. The number of hydrogen-bond donors (Lipinski definition) is 0. The molecule has 0 unspecified atom stereocenters. The molecule has 0 aromatic heterocycles. The molecule has 1 saturated heterocycles. The summed E-state index contributed by atoms with van der Waals surface area (Å²) in [5.41, 5.74) is 0.891. The molecule has 7 heteroatoms.